The molecule has 3 rings (SSSR count). The van der Waals surface area contributed by atoms with Crippen LogP contribution in [0, 0.1) is 0 Å². The van der Waals surface area contributed by atoms with Crippen LogP contribution in [0.4, 0.5) is 0 Å². The van der Waals surface area contributed by atoms with Gasteiger partial charge in [-0.2, -0.15) is 0 Å². The number of carbonyl (C=O) groups is 1. The Morgan fingerprint density at radius 1 is 1.17 bits per heavy atom. The number of hydrogen-bond donors (Lipinski definition) is 1. The van der Waals surface area contributed by atoms with Gasteiger partial charge in [-0.15, -0.1) is 10.2 Å². The van der Waals surface area contributed by atoms with Crippen molar-refractivity contribution in [1.29, 1.82) is 0 Å². The number of amides is 1. The van der Waals surface area contributed by atoms with Gasteiger partial charge in [-0.3, -0.25) is 9.36 Å². The van der Waals surface area contributed by atoms with E-state index in [9.17, 15) is 4.79 Å². The van der Waals surface area contributed by atoms with Gasteiger partial charge < -0.3 is 10.1 Å². The fourth-order valence-electron chi connectivity index (χ4n) is 2.83. The first-order valence-corrected chi connectivity index (χ1v) is 10.6. The Morgan fingerprint density at radius 3 is 2.59 bits per heavy atom. The molecule has 0 fully saturated rings. The highest BCUT2D eigenvalue weighted by Gasteiger charge is 2.16. The smallest absolute Gasteiger partial charge is 0.230 e. The van der Waals surface area contributed by atoms with E-state index in [1.807, 2.05) is 66.1 Å². The quantitative estimate of drug-likeness (QED) is 0.515. The predicted octanol–water partition coefficient (Wildman–Crippen LogP) is 4.21. The Hall–Kier alpha value is -2.35. The normalized spacial score (nSPS) is 12.0. The zero-order valence-corrected chi connectivity index (χ0v) is 17.9. The molecule has 0 aliphatic carbocycles. The van der Waals surface area contributed by atoms with Crippen molar-refractivity contribution in [3.8, 4) is 11.4 Å². The number of nitrogens with zero attached hydrogens (tertiary/aromatic N) is 3. The molecule has 0 saturated heterocycles. The first kappa shape index (κ1) is 21.4. The van der Waals surface area contributed by atoms with E-state index in [-0.39, 0.29) is 17.7 Å². The van der Waals surface area contributed by atoms with Crippen LogP contribution in [-0.2, 0) is 16.1 Å². The van der Waals surface area contributed by atoms with E-state index < -0.39 is 0 Å². The second kappa shape index (κ2) is 10.4. The summed E-state index contributed by atoms with van der Waals surface area (Å²) < 4.78 is 7.18. The Bertz CT molecular complexity index is 932. The number of carbonyl (C=O) groups excluding carboxylic acids is 1. The lowest BCUT2D eigenvalue weighted by Crippen LogP contribution is -2.28. The van der Waals surface area contributed by atoms with E-state index in [1.165, 1.54) is 11.8 Å². The topological polar surface area (TPSA) is 69.0 Å². The number of ether oxygens (including phenoxy) is 1. The van der Waals surface area contributed by atoms with Crippen LogP contribution in [0.15, 0.2) is 59.8 Å². The number of methoxy groups -OCH3 is 1. The Kier molecular flexibility index (Phi) is 7.69. The second-order valence-corrected chi connectivity index (χ2v) is 7.83. The molecular formula is C21H23ClN4O2S. The van der Waals surface area contributed by atoms with E-state index in [4.69, 9.17) is 16.3 Å². The summed E-state index contributed by atoms with van der Waals surface area (Å²) in [5.74, 6) is 0.920. The monoisotopic (exact) mass is 430 g/mol. The van der Waals surface area contributed by atoms with E-state index in [0.29, 0.717) is 23.3 Å². The van der Waals surface area contributed by atoms with E-state index in [1.54, 1.807) is 7.11 Å². The summed E-state index contributed by atoms with van der Waals surface area (Å²) in [6.45, 7) is 3.08. The molecule has 0 bridgehead atoms. The van der Waals surface area contributed by atoms with Crippen molar-refractivity contribution in [2.24, 2.45) is 0 Å². The maximum Gasteiger partial charge on any atom is 0.230 e. The lowest BCUT2D eigenvalue weighted by molar-refractivity contribution is -0.119. The SMILES string of the molecule is COCCn1c(SCC(=O)NC(C)c2ccccc2)nnc1-c1ccc(Cl)cc1. The van der Waals surface area contributed by atoms with Gasteiger partial charge in [0.1, 0.15) is 0 Å². The van der Waals surface area contributed by atoms with Gasteiger partial charge in [-0.1, -0.05) is 53.7 Å². The molecule has 1 amide bonds. The van der Waals surface area contributed by atoms with Crippen molar-refractivity contribution in [1.82, 2.24) is 20.1 Å². The Morgan fingerprint density at radius 2 is 1.90 bits per heavy atom. The summed E-state index contributed by atoms with van der Waals surface area (Å²) in [6, 6.07) is 17.3. The van der Waals surface area contributed by atoms with Crippen molar-refractivity contribution in [2.75, 3.05) is 19.5 Å². The molecule has 152 valence electrons. The number of aromatic nitrogens is 3. The molecule has 0 radical (unpaired) electrons. The summed E-state index contributed by atoms with van der Waals surface area (Å²) in [5.41, 5.74) is 1.98. The van der Waals surface area contributed by atoms with Crippen LogP contribution in [0.3, 0.4) is 0 Å². The lowest BCUT2D eigenvalue weighted by atomic mass is 10.1. The molecule has 0 spiro atoms. The standard InChI is InChI=1S/C21H23ClN4O2S/c1-15(16-6-4-3-5-7-16)23-19(27)14-29-21-25-24-20(26(21)12-13-28-2)17-8-10-18(22)11-9-17/h3-11,15H,12-14H2,1-2H3,(H,23,27). The van der Waals surface area contributed by atoms with Gasteiger partial charge in [-0.05, 0) is 36.8 Å². The second-order valence-electron chi connectivity index (χ2n) is 6.45. The maximum atomic E-state index is 12.4. The maximum absolute atomic E-state index is 12.4. The van der Waals surface area contributed by atoms with Crippen LogP contribution in [0.25, 0.3) is 11.4 Å². The van der Waals surface area contributed by atoms with Crippen LogP contribution in [0.5, 0.6) is 0 Å². The number of thioether (sulfide) groups is 1. The van der Waals surface area contributed by atoms with Crippen LogP contribution in [-0.4, -0.2) is 40.1 Å². The van der Waals surface area contributed by atoms with Crippen molar-refractivity contribution in [2.45, 2.75) is 24.7 Å². The average Bonchev–Trinajstić information content (AvgIpc) is 3.14. The molecule has 0 aliphatic rings. The van der Waals surface area contributed by atoms with Crippen LogP contribution in [0.1, 0.15) is 18.5 Å². The number of nitrogens with one attached hydrogen (secondary N) is 1. The molecule has 1 aromatic heterocycles. The third kappa shape index (κ3) is 5.82. The number of halogens is 1. The van der Waals surface area contributed by atoms with E-state index >= 15 is 0 Å². The predicted molar refractivity (Wildman–Crippen MR) is 116 cm³/mol. The highest BCUT2D eigenvalue weighted by atomic mass is 35.5. The summed E-state index contributed by atoms with van der Waals surface area (Å²) in [7, 11) is 1.65. The first-order valence-electron chi connectivity index (χ1n) is 9.23. The van der Waals surface area contributed by atoms with Gasteiger partial charge in [0.2, 0.25) is 5.91 Å². The molecule has 3 aromatic rings. The third-order valence-corrected chi connectivity index (χ3v) is 5.57. The fourth-order valence-corrected chi connectivity index (χ4v) is 3.73. The average molecular weight is 431 g/mol. The Balaban J connectivity index is 1.68. The lowest BCUT2D eigenvalue weighted by Gasteiger charge is -2.14. The minimum atomic E-state index is -0.0553. The van der Waals surface area contributed by atoms with Gasteiger partial charge in [-0.25, -0.2) is 0 Å². The third-order valence-electron chi connectivity index (χ3n) is 4.35. The number of rotatable bonds is 9. The van der Waals surface area contributed by atoms with Gasteiger partial charge in [0, 0.05) is 17.7 Å². The zero-order valence-electron chi connectivity index (χ0n) is 16.3. The van der Waals surface area contributed by atoms with Crippen molar-refractivity contribution >= 4 is 29.3 Å². The van der Waals surface area contributed by atoms with Gasteiger partial charge in [0.15, 0.2) is 11.0 Å². The van der Waals surface area contributed by atoms with Crippen LogP contribution in [0.2, 0.25) is 5.02 Å². The van der Waals surface area contributed by atoms with E-state index in [0.717, 1.165) is 17.0 Å². The van der Waals surface area contributed by atoms with Crippen LogP contribution >= 0.6 is 23.4 Å². The fraction of sp³-hybridized carbons (Fsp3) is 0.286. The molecule has 1 atom stereocenters. The highest BCUT2D eigenvalue weighted by Crippen LogP contribution is 2.25. The number of benzene rings is 2. The summed E-state index contributed by atoms with van der Waals surface area (Å²) in [4.78, 5) is 12.4. The van der Waals surface area contributed by atoms with Gasteiger partial charge in [0.05, 0.1) is 24.9 Å². The molecule has 29 heavy (non-hydrogen) atoms. The van der Waals surface area contributed by atoms with Gasteiger partial charge >= 0.3 is 0 Å². The van der Waals surface area contributed by atoms with Crippen molar-refractivity contribution < 1.29 is 9.53 Å². The molecule has 1 heterocycles. The summed E-state index contributed by atoms with van der Waals surface area (Å²) >= 11 is 7.34. The molecule has 0 aliphatic heterocycles. The van der Waals surface area contributed by atoms with Crippen molar-refractivity contribution in [3.63, 3.8) is 0 Å². The van der Waals surface area contributed by atoms with Crippen molar-refractivity contribution in [3.05, 3.63) is 65.2 Å². The molecule has 2 aromatic carbocycles. The number of hydrogen-bond acceptors (Lipinski definition) is 5. The minimum absolute atomic E-state index is 0.0549. The molecular weight excluding hydrogens is 408 g/mol. The zero-order chi connectivity index (χ0) is 20.6. The molecule has 1 unspecified atom stereocenters. The minimum Gasteiger partial charge on any atom is -0.383 e. The molecule has 8 heteroatoms. The summed E-state index contributed by atoms with van der Waals surface area (Å²) in [5, 5.41) is 13.0. The highest BCUT2D eigenvalue weighted by molar-refractivity contribution is 7.99. The van der Waals surface area contributed by atoms with E-state index in [2.05, 4.69) is 15.5 Å². The molecule has 6 nitrogen and oxygen atoms in total. The molecule has 0 saturated carbocycles. The largest absolute Gasteiger partial charge is 0.383 e. The summed E-state index contributed by atoms with van der Waals surface area (Å²) in [6.07, 6.45) is 0. The molecule has 1 N–H and O–H groups in total. The Labute approximate surface area is 179 Å². The van der Waals surface area contributed by atoms with Crippen LogP contribution < -0.4 is 5.32 Å². The first-order chi connectivity index (χ1) is 14.1. The van der Waals surface area contributed by atoms with Gasteiger partial charge in [0.25, 0.3) is 0 Å².